The lowest BCUT2D eigenvalue weighted by Gasteiger charge is -2.36. The molecule has 1 aliphatic heterocycles. The highest BCUT2D eigenvalue weighted by Crippen LogP contribution is 2.24. The molecule has 1 saturated heterocycles. The van der Waals surface area contributed by atoms with Crippen molar-refractivity contribution in [1.29, 1.82) is 0 Å². The predicted octanol–water partition coefficient (Wildman–Crippen LogP) is 1.15. The van der Waals surface area contributed by atoms with Gasteiger partial charge in [0.25, 0.3) is 0 Å². The molecule has 1 fully saturated rings. The second kappa shape index (κ2) is 4.94. The van der Waals surface area contributed by atoms with E-state index in [0.29, 0.717) is 12.0 Å². The minimum atomic E-state index is 0.326. The molecule has 6 heteroatoms. The highest BCUT2D eigenvalue weighted by molar-refractivity contribution is 5.58. The number of pyridine rings is 1. The van der Waals surface area contributed by atoms with Gasteiger partial charge in [0.2, 0.25) is 5.95 Å². The third-order valence-electron chi connectivity index (χ3n) is 4.26. The Hall–Kier alpha value is -1.82. The van der Waals surface area contributed by atoms with E-state index in [1.807, 2.05) is 6.20 Å². The number of piperidine rings is 1. The van der Waals surface area contributed by atoms with Crippen LogP contribution >= 0.6 is 0 Å². The van der Waals surface area contributed by atoms with Crippen molar-refractivity contribution >= 4 is 17.3 Å². The first-order valence-corrected chi connectivity index (χ1v) is 7.08. The van der Waals surface area contributed by atoms with Crippen molar-refractivity contribution in [3.63, 3.8) is 0 Å². The van der Waals surface area contributed by atoms with Crippen molar-refractivity contribution in [1.82, 2.24) is 19.5 Å². The van der Waals surface area contributed by atoms with Gasteiger partial charge in [-0.3, -0.25) is 0 Å². The van der Waals surface area contributed by atoms with Crippen LogP contribution in [0, 0.1) is 6.92 Å². The number of nitrogens with two attached hydrogens (primary N) is 1. The molecule has 2 aromatic heterocycles. The van der Waals surface area contributed by atoms with Crippen LogP contribution in [0.2, 0.25) is 0 Å². The molecule has 108 valence electrons. The Morgan fingerprint density at radius 1 is 1.35 bits per heavy atom. The SMILES string of the molecule is Cc1cc(N(C)C2CCN(C)CC2)cn2nc(N)nc12. The average molecular weight is 274 g/mol. The molecule has 0 aliphatic carbocycles. The number of hydrogen-bond donors (Lipinski definition) is 1. The van der Waals surface area contributed by atoms with Crippen molar-refractivity contribution < 1.29 is 0 Å². The summed E-state index contributed by atoms with van der Waals surface area (Å²) in [6, 6.07) is 2.76. The molecule has 0 aromatic carbocycles. The number of fused-ring (bicyclic) bond motifs is 1. The highest BCUT2D eigenvalue weighted by atomic mass is 15.3. The number of likely N-dealkylation sites (tertiary alicyclic amines) is 1. The van der Waals surface area contributed by atoms with E-state index in [9.17, 15) is 0 Å². The van der Waals surface area contributed by atoms with Crippen molar-refractivity contribution in [2.45, 2.75) is 25.8 Å². The Balaban J connectivity index is 1.89. The van der Waals surface area contributed by atoms with Crippen LogP contribution in [0.5, 0.6) is 0 Å². The Labute approximate surface area is 119 Å². The molecule has 3 heterocycles. The summed E-state index contributed by atoms with van der Waals surface area (Å²) >= 11 is 0. The van der Waals surface area contributed by atoms with E-state index in [1.165, 1.54) is 18.5 Å². The molecule has 2 aromatic rings. The fraction of sp³-hybridized carbons (Fsp3) is 0.571. The molecule has 6 nitrogen and oxygen atoms in total. The zero-order valence-electron chi connectivity index (χ0n) is 12.4. The van der Waals surface area contributed by atoms with E-state index in [0.717, 1.165) is 24.3 Å². The van der Waals surface area contributed by atoms with Crippen molar-refractivity contribution in [3.8, 4) is 0 Å². The number of nitrogen functional groups attached to an aromatic ring is 1. The van der Waals surface area contributed by atoms with E-state index >= 15 is 0 Å². The van der Waals surface area contributed by atoms with Gasteiger partial charge in [0.05, 0.1) is 11.9 Å². The molecule has 0 bridgehead atoms. The van der Waals surface area contributed by atoms with E-state index in [4.69, 9.17) is 5.73 Å². The van der Waals surface area contributed by atoms with E-state index in [2.05, 4.69) is 47.0 Å². The normalized spacial score (nSPS) is 17.8. The van der Waals surface area contributed by atoms with Crippen LogP contribution in [0.3, 0.4) is 0 Å². The smallest absolute Gasteiger partial charge is 0.240 e. The first-order chi connectivity index (χ1) is 9.54. The van der Waals surface area contributed by atoms with E-state index in [1.54, 1.807) is 4.52 Å². The number of anilines is 2. The molecular weight excluding hydrogens is 252 g/mol. The zero-order valence-corrected chi connectivity index (χ0v) is 12.4. The summed E-state index contributed by atoms with van der Waals surface area (Å²) in [7, 11) is 4.35. The lowest BCUT2D eigenvalue weighted by molar-refractivity contribution is 0.253. The van der Waals surface area contributed by atoms with Crippen LogP contribution in [0.1, 0.15) is 18.4 Å². The summed E-state index contributed by atoms with van der Waals surface area (Å²) in [6.45, 7) is 4.37. The minimum Gasteiger partial charge on any atom is -0.370 e. The molecule has 0 amide bonds. The third-order valence-corrected chi connectivity index (χ3v) is 4.26. The molecule has 0 unspecified atom stereocenters. The molecule has 1 aliphatic rings. The van der Waals surface area contributed by atoms with Gasteiger partial charge in [-0.1, -0.05) is 0 Å². The molecule has 0 radical (unpaired) electrons. The molecule has 0 saturated carbocycles. The Bertz CT molecular complexity index is 611. The molecule has 2 N–H and O–H groups in total. The van der Waals surface area contributed by atoms with Crippen molar-refractivity contribution in [2.75, 3.05) is 37.8 Å². The Morgan fingerprint density at radius 2 is 2.05 bits per heavy atom. The second-order valence-corrected chi connectivity index (χ2v) is 5.76. The van der Waals surface area contributed by atoms with Crippen molar-refractivity contribution in [3.05, 3.63) is 17.8 Å². The maximum atomic E-state index is 5.68. The van der Waals surface area contributed by atoms with Gasteiger partial charge in [0, 0.05) is 13.1 Å². The van der Waals surface area contributed by atoms with Crippen LogP contribution < -0.4 is 10.6 Å². The first-order valence-electron chi connectivity index (χ1n) is 7.08. The quantitative estimate of drug-likeness (QED) is 0.890. The van der Waals surface area contributed by atoms with Gasteiger partial charge < -0.3 is 15.5 Å². The van der Waals surface area contributed by atoms with Gasteiger partial charge >= 0.3 is 0 Å². The van der Waals surface area contributed by atoms with Crippen LogP contribution in [0.25, 0.3) is 5.65 Å². The van der Waals surface area contributed by atoms with Crippen LogP contribution in [0.4, 0.5) is 11.6 Å². The Kier molecular flexibility index (Phi) is 3.25. The zero-order chi connectivity index (χ0) is 14.3. The number of aromatic nitrogens is 3. The van der Waals surface area contributed by atoms with Gasteiger partial charge in [-0.05, 0) is 51.5 Å². The lowest BCUT2D eigenvalue weighted by atomic mass is 10.0. The summed E-state index contributed by atoms with van der Waals surface area (Å²) in [4.78, 5) is 8.98. The fourth-order valence-electron chi connectivity index (χ4n) is 2.93. The standard InChI is InChI=1S/C14H22N6/c1-10-8-12(9-20-13(10)16-14(15)17-20)19(3)11-4-6-18(2)7-5-11/h8-9,11H,4-7H2,1-3H3,(H2,15,17). The Morgan fingerprint density at radius 3 is 2.75 bits per heavy atom. The number of nitrogens with zero attached hydrogens (tertiary/aromatic N) is 5. The van der Waals surface area contributed by atoms with Gasteiger partial charge in [0.1, 0.15) is 0 Å². The van der Waals surface area contributed by atoms with Crippen LogP contribution in [-0.4, -0.2) is 52.7 Å². The van der Waals surface area contributed by atoms with Gasteiger partial charge in [-0.2, -0.15) is 4.98 Å². The third kappa shape index (κ3) is 2.31. The fourth-order valence-corrected chi connectivity index (χ4v) is 2.93. The van der Waals surface area contributed by atoms with E-state index < -0.39 is 0 Å². The van der Waals surface area contributed by atoms with Gasteiger partial charge in [0.15, 0.2) is 5.65 Å². The summed E-state index contributed by atoms with van der Waals surface area (Å²) in [6.07, 6.45) is 4.41. The minimum absolute atomic E-state index is 0.326. The maximum absolute atomic E-state index is 5.68. The molecule has 0 atom stereocenters. The average Bonchev–Trinajstić information content (AvgIpc) is 2.80. The first kappa shape index (κ1) is 13.2. The molecule has 3 rings (SSSR count). The van der Waals surface area contributed by atoms with Crippen LogP contribution in [0.15, 0.2) is 12.3 Å². The highest BCUT2D eigenvalue weighted by Gasteiger charge is 2.21. The van der Waals surface area contributed by atoms with Crippen molar-refractivity contribution in [2.24, 2.45) is 0 Å². The summed E-state index contributed by atoms with van der Waals surface area (Å²) in [5.41, 5.74) is 8.80. The number of aryl methyl sites for hydroxylation is 1. The summed E-state index contributed by atoms with van der Waals surface area (Å²) in [5.74, 6) is 0.326. The van der Waals surface area contributed by atoms with E-state index in [-0.39, 0.29) is 0 Å². The number of rotatable bonds is 2. The monoisotopic (exact) mass is 274 g/mol. The predicted molar refractivity (Wildman–Crippen MR) is 81.1 cm³/mol. The topological polar surface area (TPSA) is 62.7 Å². The number of hydrogen-bond acceptors (Lipinski definition) is 5. The second-order valence-electron chi connectivity index (χ2n) is 5.76. The lowest BCUT2D eigenvalue weighted by Crippen LogP contribution is -2.42. The summed E-state index contributed by atoms with van der Waals surface area (Å²) < 4.78 is 1.78. The van der Waals surface area contributed by atoms with Gasteiger partial charge in [-0.25, -0.2) is 4.52 Å². The largest absolute Gasteiger partial charge is 0.370 e. The van der Waals surface area contributed by atoms with Gasteiger partial charge in [-0.15, -0.1) is 5.10 Å². The maximum Gasteiger partial charge on any atom is 0.240 e. The van der Waals surface area contributed by atoms with Crippen LogP contribution in [-0.2, 0) is 0 Å². The molecule has 20 heavy (non-hydrogen) atoms. The summed E-state index contributed by atoms with van der Waals surface area (Å²) in [5, 5.41) is 4.22. The molecular formula is C14H22N6. The molecule has 0 spiro atoms.